The molecule has 0 unspecified atom stereocenters. The molecule has 0 aliphatic carbocycles. The first-order valence-electron chi connectivity index (χ1n) is 11.4. The Hall–Kier alpha value is -3.92. The molecular weight excluding hydrogens is 408 g/mol. The van der Waals surface area contributed by atoms with Crippen molar-refractivity contribution in [1.82, 2.24) is 0 Å². The van der Waals surface area contributed by atoms with Gasteiger partial charge in [-0.2, -0.15) is 4.57 Å². The first-order valence-corrected chi connectivity index (χ1v) is 11.4. The Labute approximate surface area is 195 Å². The van der Waals surface area contributed by atoms with Crippen LogP contribution < -0.4 is 9.47 Å². The van der Waals surface area contributed by atoms with Crippen LogP contribution in [0.3, 0.4) is 0 Å². The number of esters is 1. The van der Waals surface area contributed by atoms with E-state index in [2.05, 4.69) is 71.9 Å². The standard InChI is InChI=1S/C29H29N2O2/c1-4-30-25(16-14-23-10-6-8-12-28(23)30)18-20-27(33-22(3)32)21-19-26-17-15-24-11-7-9-13-29(24)31(26)5-2/h6-21H,4-5H2,1-3H3/q+1. The number of benzene rings is 2. The van der Waals surface area contributed by atoms with Gasteiger partial charge >= 0.3 is 5.97 Å². The van der Waals surface area contributed by atoms with E-state index in [1.165, 1.54) is 29.1 Å². The highest BCUT2D eigenvalue weighted by atomic mass is 16.5. The molecule has 4 nitrogen and oxygen atoms in total. The van der Waals surface area contributed by atoms with Gasteiger partial charge in [-0.15, -0.1) is 0 Å². The van der Waals surface area contributed by atoms with Crippen molar-refractivity contribution in [2.24, 2.45) is 0 Å². The van der Waals surface area contributed by atoms with Crippen LogP contribution >= 0.6 is 0 Å². The average molecular weight is 438 g/mol. The minimum absolute atomic E-state index is 0.344. The first kappa shape index (κ1) is 22.3. The van der Waals surface area contributed by atoms with Crippen LogP contribution in [-0.2, 0) is 16.1 Å². The lowest BCUT2D eigenvalue weighted by Crippen LogP contribution is -2.36. The van der Waals surface area contributed by atoms with Crippen LogP contribution in [0.25, 0.3) is 23.1 Å². The Morgan fingerprint density at radius 3 is 2.58 bits per heavy atom. The third kappa shape index (κ3) is 4.96. The minimum Gasteiger partial charge on any atom is -0.427 e. The summed E-state index contributed by atoms with van der Waals surface area (Å²) in [6, 6.07) is 20.9. The maximum absolute atomic E-state index is 11.8. The first-order chi connectivity index (χ1) is 16.1. The third-order valence-electron chi connectivity index (χ3n) is 5.68. The predicted octanol–water partition coefficient (Wildman–Crippen LogP) is 6.04. The number of anilines is 1. The summed E-state index contributed by atoms with van der Waals surface area (Å²) in [5, 5.41) is 1.20. The van der Waals surface area contributed by atoms with Gasteiger partial charge in [-0.3, -0.25) is 4.79 Å². The molecule has 0 amide bonds. The number of ether oxygens (including phenoxy) is 1. The fourth-order valence-electron chi connectivity index (χ4n) is 4.18. The van der Waals surface area contributed by atoms with E-state index in [0.29, 0.717) is 5.76 Å². The number of hydrogen-bond donors (Lipinski definition) is 0. The quantitative estimate of drug-likeness (QED) is 0.204. The molecule has 0 saturated heterocycles. The number of pyridine rings is 1. The normalized spacial score (nSPS) is 14.8. The van der Waals surface area contributed by atoms with E-state index in [0.717, 1.165) is 24.5 Å². The van der Waals surface area contributed by atoms with Crippen LogP contribution in [0.1, 0.15) is 32.0 Å². The molecule has 2 heterocycles. The number of para-hydroxylation sites is 2. The smallest absolute Gasteiger partial charge is 0.308 e. The van der Waals surface area contributed by atoms with Gasteiger partial charge in [0.05, 0.1) is 0 Å². The number of aromatic nitrogens is 1. The van der Waals surface area contributed by atoms with Gasteiger partial charge < -0.3 is 9.64 Å². The van der Waals surface area contributed by atoms with Gasteiger partial charge in [0, 0.05) is 48.4 Å². The van der Waals surface area contributed by atoms with Crippen molar-refractivity contribution in [3.63, 3.8) is 0 Å². The zero-order valence-electron chi connectivity index (χ0n) is 19.4. The molecule has 0 saturated carbocycles. The molecule has 4 heteroatoms. The van der Waals surface area contributed by atoms with Crippen LogP contribution in [0.2, 0.25) is 0 Å². The second-order valence-electron chi connectivity index (χ2n) is 7.79. The molecule has 33 heavy (non-hydrogen) atoms. The van der Waals surface area contributed by atoms with Gasteiger partial charge in [0.2, 0.25) is 11.2 Å². The zero-order valence-corrected chi connectivity index (χ0v) is 19.4. The SMILES string of the molecule is CCN1/C(=C/C=C(/C=C/c2ccc3ccccc3[n+]2CC)OC(C)=O)C=Cc2ccccc21. The molecule has 4 rings (SSSR count). The second kappa shape index (κ2) is 10.1. The number of aryl methyl sites for hydroxylation is 1. The Balaban J connectivity index is 1.68. The van der Waals surface area contributed by atoms with Crippen molar-refractivity contribution in [3.8, 4) is 0 Å². The van der Waals surface area contributed by atoms with E-state index in [4.69, 9.17) is 4.74 Å². The Bertz CT molecular complexity index is 1300. The number of hydrogen-bond acceptors (Lipinski definition) is 3. The second-order valence-corrected chi connectivity index (χ2v) is 7.79. The highest BCUT2D eigenvalue weighted by molar-refractivity contribution is 5.77. The Kier molecular flexibility index (Phi) is 6.84. The number of carbonyl (C=O) groups excluding carboxylic acids is 1. The fraction of sp³-hybridized carbons (Fsp3) is 0.172. The number of nitrogens with zero attached hydrogens (tertiary/aromatic N) is 2. The lowest BCUT2D eigenvalue weighted by atomic mass is 10.1. The lowest BCUT2D eigenvalue weighted by molar-refractivity contribution is -0.669. The summed E-state index contributed by atoms with van der Waals surface area (Å²) in [6.07, 6.45) is 11.9. The summed E-state index contributed by atoms with van der Waals surface area (Å²) in [7, 11) is 0. The van der Waals surface area contributed by atoms with Gasteiger partial charge in [-0.25, -0.2) is 0 Å². The van der Waals surface area contributed by atoms with E-state index in [1.807, 2.05) is 48.6 Å². The molecule has 0 N–H and O–H groups in total. The molecule has 0 spiro atoms. The van der Waals surface area contributed by atoms with E-state index >= 15 is 0 Å². The molecule has 3 aromatic rings. The highest BCUT2D eigenvalue weighted by Crippen LogP contribution is 2.30. The van der Waals surface area contributed by atoms with Crippen molar-refractivity contribution < 1.29 is 14.1 Å². The molecule has 0 bridgehead atoms. The van der Waals surface area contributed by atoms with Gasteiger partial charge in [0.25, 0.3) is 0 Å². The monoisotopic (exact) mass is 437 g/mol. The van der Waals surface area contributed by atoms with Crippen LogP contribution in [-0.4, -0.2) is 12.5 Å². The van der Waals surface area contributed by atoms with E-state index in [9.17, 15) is 4.79 Å². The topological polar surface area (TPSA) is 33.4 Å². The largest absolute Gasteiger partial charge is 0.427 e. The van der Waals surface area contributed by atoms with E-state index in [-0.39, 0.29) is 5.97 Å². The van der Waals surface area contributed by atoms with Crippen LogP contribution in [0.15, 0.2) is 96.4 Å². The summed E-state index contributed by atoms with van der Waals surface area (Å²) in [5.74, 6) is 0.150. The predicted molar refractivity (Wildman–Crippen MR) is 135 cm³/mol. The van der Waals surface area contributed by atoms with Crippen LogP contribution in [0.4, 0.5) is 5.69 Å². The number of allylic oxidation sites excluding steroid dienone is 4. The van der Waals surface area contributed by atoms with Gasteiger partial charge in [-0.1, -0.05) is 36.4 Å². The number of carbonyl (C=O) groups is 1. The van der Waals surface area contributed by atoms with Gasteiger partial charge in [0.1, 0.15) is 12.3 Å². The molecule has 1 aliphatic rings. The maximum Gasteiger partial charge on any atom is 0.308 e. The molecule has 0 fully saturated rings. The molecular formula is C29H29N2O2+. The van der Waals surface area contributed by atoms with Gasteiger partial charge in [0.15, 0.2) is 0 Å². The van der Waals surface area contributed by atoms with Crippen molar-refractivity contribution in [1.29, 1.82) is 0 Å². The summed E-state index contributed by atoms with van der Waals surface area (Å²) < 4.78 is 7.75. The van der Waals surface area contributed by atoms with Crippen LogP contribution in [0.5, 0.6) is 0 Å². The average Bonchev–Trinajstić information content (AvgIpc) is 2.84. The van der Waals surface area contributed by atoms with E-state index in [1.54, 1.807) is 0 Å². The lowest BCUT2D eigenvalue weighted by Gasteiger charge is -2.29. The molecule has 166 valence electrons. The van der Waals surface area contributed by atoms with E-state index < -0.39 is 0 Å². The Morgan fingerprint density at radius 2 is 1.79 bits per heavy atom. The number of rotatable bonds is 6. The third-order valence-corrected chi connectivity index (χ3v) is 5.68. The van der Waals surface area contributed by atoms with Crippen molar-refractivity contribution in [2.75, 3.05) is 11.4 Å². The molecule has 1 aliphatic heterocycles. The molecule has 2 aromatic carbocycles. The summed E-state index contributed by atoms with van der Waals surface area (Å²) in [4.78, 5) is 14.0. The summed E-state index contributed by atoms with van der Waals surface area (Å²) >= 11 is 0. The highest BCUT2D eigenvalue weighted by Gasteiger charge is 2.15. The molecule has 0 atom stereocenters. The summed E-state index contributed by atoms with van der Waals surface area (Å²) in [6.45, 7) is 7.36. The maximum atomic E-state index is 11.8. The zero-order chi connectivity index (χ0) is 23.2. The minimum atomic E-state index is -0.344. The Morgan fingerprint density at radius 1 is 1.00 bits per heavy atom. The molecule has 1 aromatic heterocycles. The van der Waals surface area contributed by atoms with Gasteiger partial charge in [-0.05, 0) is 61.9 Å². The van der Waals surface area contributed by atoms with Crippen molar-refractivity contribution >= 4 is 34.7 Å². The summed E-state index contributed by atoms with van der Waals surface area (Å²) in [5.41, 5.74) is 5.63. The van der Waals surface area contributed by atoms with Crippen LogP contribution in [0, 0.1) is 0 Å². The fourth-order valence-corrected chi connectivity index (χ4v) is 4.18. The van der Waals surface area contributed by atoms with Crippen molar-refractivity contribution in [2.45, 2.75) is 27.3 Å². The van der Waals surface area contributed by atoms with Crippen molar-refractivity contribution in [3.05, 3.63) is 108 Å². The molecule has 0 radical (unpaired) electrons. The number of fused-ring (bicyclic) bond motifs is 2. The number of likely N-dealkylation sites (N-methyl/N-ethyl adjacent to an activating group) is 1.